The zero-order valence-corrected chi connectivity index (χ0v) is 19.0. The fourth-order valence-corrected chi connectivity index (χ4v) is 3.64. The van der Waals surface area contributed by atoms with Crippen LogP contribution in [0.15, 0.2) is 77.9 Å². The number of hydrogen-bond donors (Lipinski definition) is 1. The van der Waals surface area contributed by atoms with Crippen molar-refractivity contribution in [2.24, 2.45) is 11.0 Å². The second-order valence-corrected chi connectivity index (χ2v) is 8.40. The van der Waals surface area contributed by atoms with Gasteiger partial charge >= 0.3 is 0 Å². The molecule has 168 valence electrons. The summed E-state index contributed by atoms with van der Waals surface area (Å²) in [7, 11) is 0. The highest BCUT2D eigenvalue weighted by atomic mass is 35.5. The normalized spacial score (nSPS) is 15.8. The van der Waals surface area contributed by atoms with E-state index >= 15 is 0 Å². The molecule has 1 N–H and O–H groups in total. The van der Waals surface area contributed by atoms with Crippen molar-refractivity contribution < 1.29 is 14.3 Å². The Hall–Kier alpha value is -3.64. The Labute approximate surface area is 197 Å². The van der Waals surface area contributed by atoms with E-state index in [-0.39, 0.29) is 18.2 Å². The van der Waals surface area contributed by atoms with Gasteiger partial charge in [0, 0.05) is 23.7 Å². The number of aryl methyl sites for hydroxylation is 1. The molecule has 1 aliphatic heterocycles. The number of ether oxygens (including phenoxy) is 1. The minimum Gasteiger partial charge on any atom is -0.489 e. The van der Waals surface area contributed by atoms with Gasteiger partial charge in [-0.05, 0) is 66.6 Å². The number of benzene rings is 3. The number of carbonyl (C=O) groups excluding carboxylic acids is 2. The Balaban J connectivity index is 1.26. The lowest BCUT2D eigenvalue weighted by atomic mass is 10.1. The van der Waals surface area contributed by atoms with Crippen molar-refractivity contribution >= 4 is 35.3 Å². The van der Waals surface area contributed by atoms with Gasteiger partial charge in [0.05, 0.1) is 12.1 Å². The Morgan fingerprint density at radius 3 is 2.48 bits per heavy atom. The molecule has 1 fully saturated rings. The molecule has 1 heterocycles. The molecule has 0 aromatic heterocycles. The van der Waals surface area contributed by atoms with Gasteiger partial charge in [-0.15, -0.1) is 0 Å². The van der Waals surface area contributed by atoms with Gasteiger partial charge in [0.15, 0.2) is 0 Å². The Bertz CT molecular complexity index is 1140. The van der Waals surface area contributed by atoms with Crippen LogP contribution in [-0.2, 0) is 16.2 Å². The maximum atomic E-state index is 12.5. The summed E-state index contributed by atoms with van der Waals surface area (Å²) in [5.41, 5.74) is 6.32. The molecule has 33 heavy (non-hydrogen) atoms. The molecule has 1 atom stereocenters. The summed E-state index contributed by atoms with van der Waals surface area (Å²) < 4.78 is 5.77. The number of hydrogen-bond acceptors (Lipinski definition) is 4. The summed E-state index contributed by atoms with van der Waals surface area (Å²) in [6, 6.07) is 22.6. The predicted molar refractivity (Wildman–Crippen MR) is 130 cm³/mol. The number of hydrazone groups is 1. The summed E-state index contributed by atoms with van der Waals surface area (Å²) >= 11 is 5.89. The third-order valence-electron chi connectivity index (χ3n) is 5.43. The van der Waals surface area contributed by atoms with Crippen molar-refractivity contribution in [3.63, 3.8) is 0 Å². The molecule has 3 aromatic carbocycles. The van der Waals surface area contributed by atoms with Crippen LogP contribution >= 0.6 is 11.6 Å². The Morgan fingerprint density at radius 2 is 1.79 bits per heavy atom. The third kappa shape index (κ3) is 5.99. The van der Waals surface area contributed by atoms with E-state index < -0.39 is 5.92 Å². The first-order valence-corrected chi connectivity index (χ1v) is 11.0. The van der Waals surface area contributed by atoms with E-state index in [0.29, 0.717) is 18.2 Å². The number of nitrogens with zero attached hydrogens (tertiary/aromatic N) is 2. The van der Waals surface area contributed by atoms with Gasteiger partial charge in [-0.1, -0.05) is 41.4 Å². The lowest BCUT2D eigenvalue weighted by molar-refractivity contribution is -0.126. The maximum absolute atomic E-state index is 12.5. The molecule has 6 nitrogen and oxygen atoms in total. The lowest BCUT2D eigenvalue weighted by Crippen LogP contribution is -2.30. The van der Waals surface area contributed by atoms with E-state index in [9.17, 15) is 9.59 Å². The standard InChI is InChI=1S/C26H24ClN3O3/c1-18-2-10-23(11-3-18)30-16-21(14-25(30)31)26(32)29-28-15-19-6-12-24(13-7-19)33-17-20-4-8-22(27)9-5-20/h2-13,15,21H,14,16-17H2,1H3,(H,29,32)/b28-15+/t21-/m1/s1. The van der Waals surface area contributed by atoms with E-state index in [1.54, 1.807) is 11.1 Å². The molecule has 0 spiro atoms. The summed E-state index contributed by atoms with van der Waals surface area (Å²) in [5, 5.41) is 4.74. The number of nitrogens with one attached hydrogen (secondary N) is 1. The summed E-state index contributed by atoms with van der Waals surface area (Å²) in [4.78, 5) is 26.5. The first-order valence-electron chi connectivity index (χ1n) is 10.7. The molecule has 1 aliphatic rings. The van der Waals surface area contributed by atoms with Crippen molar-refractivity contribution in [2.75, 3.05) is 11.4 Å². The van der Waals surface area contributed by atoms with Crippen LogP contribution in [0.5, 0.6) is 5.75 Å². The van der Waals surface area contributed by atoms with E-state index in [1.165, 1.54) is 0 Å². The fraction of sp³-hybridized carbons (Fsp3) is 0.192. The van der Waals surface area contributed by atoms with E-state index in [0.717, 1.165) is 28.1 Å². The second kappa shape index (κ2) is 10.3. The van der Waals surface area contributed by atoms with Crippen molar-refractivity contribution in [1.29, 1.82) is 0 Å². The van der Waals surface area contributed by atoms with E-state index in [2.05, 4.69) is 10.5 Å². The summed E-state index contributed by atoms with van der Waals surface area (Å²) in [5.74, 6) is -0.0271. The molecular formula is C26H24ClN3O3. The molecule has 1 saturated heterocycles. The molecule has 4 rings (SSSR count). The van der Waals surface area contributed by atoms with Gasteiger partial charge in [-0.2, -0.15) is 5.10 Å². The molecule has 0 radical (unpaired) electrons. The highest BCUT2D eigenvalue weighted by molar-refractivity contribution is 6.30. The van der Waals surface area contributed by atoms with E-state index in [4.69, 9.17) is 16.3 Å². The molecule has 7 heteroatoms. The number of rotatable bonds is 7. The van der Waals surface area contributed by atoms with Crippen molar-refractivity contribution in [2.45, 2.75) is 20.0 Å². The van der Waals surface area contributed by atoms with Crippen molar-refractivity contribution in [3.8, 4) is 5.75 Å². The average Bonchev–Trinajstić information content (AvgIpc) is 3.22. The fourth-order valence-electron chi connectivity index (χ4n) is 3.52. The number of carbonyl (C=O) groups is 2. The van der Waals surface area contributed by atoms with E-state index in [1.807, 2.05) is 79.7 Å². The number of amides is 2. The molecule has 3 aromatic rings. The Morgan fingerprint density at radius 1 is 1.09 bits per heavy atom. The smallest absolute Gasteiger partial charge is 0.245 e. The quantitative estimate of drug-likeness (QED) is 0.408. The van der Waals surface area contributed by atoms with Gasteiger partial charge in [-0.25, -0.2) is 5.43 Å². The largest absolute Gasteiger partial charge is 0.489 e. The first-order chi connectivity index (χ1) is 16.0. The van der Waals surface area contributed by atoms with Gasteiger partial charge in [-0.3, -0.25) is 9.59 Å². The molecule has 0 unspecified atom stereocenters. The van der Waals surface area contributed by atoms with Crippen LogP contribution in [0.3, 0.4) is 0 Å². The molecule has 0 aliphatic carbocycles. The van der Waals surface area contributed by atoms with Crippen LogP contribution in [0.1, 0.15) is 23.1 Å². The Kier molecular flexibility index (Phi) is 7.05. The topological polar surface area (TPSA) is 71.0 Å². The van der Waals surface area contributed by atoms with Crippen LogP contribution in [-0.4, -0.2) is 24.6 Å². The monoisotopic (exact) mass is 461 g/mol. The van der Waals surface area contributed by atoms with Crippen LogP contribution in [0.25, 0.3) is 0 Å². The minimum atomic E-state index is -0.431. The average molecular weight is 462 g/mol. The van der Waals surface area contributed by atoms with Crippen LogP contribution in [0, 0.1) is 12.8 Å². The zero-order chi connectivity index (χ0) is 23.2. The SMILES string of the molecule is Cc1ccc(N2C[C@H](C(=O)N/N=C/c3ccc(OCc4ccc(Cl)cc4)cc3)CC2=O)cc1. The molecule has 0 bridgehead atoms. The highest BCUT2D eigenvalue weighted by Crippen LogP contribution is 2.25. The predicted octanol–water partition coefficient (Wildman–Crippen LogP) is 4.73. The highest BCUT2D eigenvalue weighted by Gasteiger charge is 2.35. The molecular weight excluding hydrogens is 438 g/mol. The maximum Gasteiger partial charge on any atom is 0.245 e. The van der Waals surface area contributed by atoms with Gasteiger partial charge in [0.2, 0.25) is 11.8 Å². The minimum absolute atomic E-state index is 0.0582. The first kappa shape index (κ1) is 22.6. The van der Waals surface area contributed by atoms with Crippen LogP contribution in [0.4, 0.5) is 5.69 Å². The summed E-state index contributed by atoms with van der Waals surface area (Å²) in [6.07, 6.45) is 1.74. The van der Waals surface area contributed by atoms with Crippen LogP contribution in [0.2, 0.25) is 5.02 Å². The number of halogens is 1. The van der Waals surface area contributed by atoms with Crippen LogP contribution < -0.4 is 15.1 Å². The summed E-state index contributed by atoms with van der Waals surface area (Å²) in [6.45, 7) is 2.79. The molecule has 0 saturated carbocycles. The number of anilines is 1. The molecule has 2 amide bonds. The lowest BCUT2D eigenvalue weighted by Gasteiger charge is -2.16. The van der Waals surface area contributed by atoms with Gasteiger partial charge in [0.25, 0.3) is 0 Å². The zero-order valence-electron chi connectivity index (χ0n) is 18.2. The second-order valence-electron chi connectivity index (χ2n) is 7.96. The van der Waals surface area contributed by atoms with Crippen molar-refractivity contribution in [3.05, 3.63) is 94.5 Å². The van der Waals surface area contributed by atoms with Crippen molar-refractivity contribution in [1.82, 2.24) is 5.43 Å². The third-order valence-corrected chi connectivity index (χ3v) is 5.68. The van der Waals surface area contributed by atoms with Gasteiger partial charge < -0.3 is 9.64 Å². The van der Waals surface area contributed by atoms with Gasteiger partial charge in [0.1, 0.15) is 12.4 Å².